The van der Waals surface area contributed by atoms with E-state index in [0.29, 0.717) is 44.9 Å². The SMILES string of the molecule is CC(C)C[C@@H](NC(=O)[C@H](C)NC(=O)CNC(=O)CNC=O)C(=O)N[C@@H](C)C(=O)N[C@@H](C(=O)N[C@H](C(=O)N[C@@H](C(=O)N[C@@H](Cc1c[nH]c2ccccc12)C(=O)N[C@H](CC(C)C)C(=O)N[C@@H](Cc1c[nH]c2ccccc12)C(=O)N[C@H](CC(C)C)C(=O)N[C@@H](Cc1c[nH]c2ccccc12)C(=O)N[C@H](CC(C)C)C(=O)N[C@@H](Cc1c[nH]c2ccccc12)C(=O)NCCO)C(C)C)C(C)C)C(C)C. The summed E-state index contributed by atoms with van der Waals surface area (Å²) in [4.78, 5) is 239. The molecule has 0 aliphatic rings. The van der Waals surface area contributed by atoms with Gasteiger partial charge in [0, 0.05) is 101 Å². The Balaban J connectivity index is 1.01. The molecule has 133 heavy (non-hydrogen) atoms. The van der Waals surface area contributed by atoms with Gasteiger partial charge >= 0.3 is 0 Å². The monoisotopic (exact) mass is 1840 g/mol. The minimum Gasteiger partial charge on any atom is -0.395 e. The third kappa shape index (κ3) is 31.1. The summed E-state index contributed by atoms with van der Waals surface area (Å²) in [5, 5.41) is 56.0. The lowest BCUT2D eigenvalue weighted by Crippen LogP contribution is -2.62. The molecule has 0 saturated heterocycles. The zero-order valence-corrected chi connectivity index (χ0v) is 78.6. The van der Waals surface area contributed by atoms with E-state index in [4.69, 9.17) is 0 Å². The maximum Gasteiger partial charge on any atom is 0.243 e. The van der Waals surface area contributed by atoms with Gasteiger partial charge in [0.2, 0.25) is 95.0 Å². The van der Waals surface area contributed by atoms with Gasteiger partial charge in [-0.25, -0.2) is 0 Å². The molecule has 13 atom stereocenters. The van der Waals surface area contributed by atoms with Crippen molar-refractivity contribution in [2.75, 3.05) is 26.2 Å². The van der Waals surface area contributed by atoms with Gasteiger partial charge in [0.15, 0.2) is 0 Å². The van der Waals surface area contributed by atoms with Crippen molar-refractivity contribution in [3.8, 4) is 0 Å². The minimum atomic E-state index is -1.48. The van der Waals surface area contributed by atoms with Crippen molar-refractivity contribution in [2.24, 2.45) is 41.4 Å². The lowest BCUT2D eigenvalue weighted by atomic mass is 9.97. The van der Waals surface area contributed by atoms with E-state index in [1.807, 2.05) is 133 Å². The molecule has 4 heterocycles. The van der Waals surface area contributed by atoms with Crippen LogP contribution in [-0.2, 0) is 102 Å². The number of hydrogen-bond donors (Lipinski definition) is 21. The number of hydrogen-bond acceptors (Lipinski definition) is 17. The largest absolute Gasteiger partial charge is 0.395 e. The summed E-state index contributed by atoms with van der Waals surface area (Å²) in [5.74, 6) is -14.3. The summed E-state index contributed by atoms with van der Waals surface area (Å²) >= 11 is 0. The number of aliphatic hydroxyl groups is 1. The quantitative estimate of drug-likeness (QED) is 0.0243. The number of para-hydroxylation sites is 4. The summed E-state index contributed by atoms with van der Waals surface area (Å²) in [6.07, 6.45) is 6.96. The van der Waals surface area contributed by atoms with Gasteiger partial charge in [0.1, 0.15) is 78.5 Å². The maximum absolute atomic E-state index is 15.6. The van der Waals surface area contributed by atoms with Gasteiger partial charge in [-0.05, 0) is 127 Å². The van der Waals surface area contributed by atoms with Gasteiger partial charge in [-0.3, -0.25) is 76.7 Å². The fourth-order valence-electron chi connectivity index (χ4n) is 15.7. The fraction of sp³-hybridized carbons (Fsp3) is 0.500. The summed E-state index contributed by atoms with van der Waals surface area (Å²) in [6, 6.07) is 12.1. The van der Waals surface area contributed by atoms with Crippen LogP contribution in [0, 0.1) is 41.4 Å². The Bertz CT molecular complexity index is 5380. The summed E-state index contributed by atoms with van der Waals surface area (Å²) < 4.78 is 0. The number of benzene rings is 4. The summed E-state index contributed by atoms with van der Waals surface area (Å²) in [7, 11) is 0. The molecule has 0 fully saturated rings. The number of amides is 16. The first-order chi connectivity index (χ1) is 63.1. The second-order valence-electron chi connectivity index (χ2n) is 36.8. The van der Waals surface area contributed by atoms with Crippen molar-refractivity contribution < 1.29 is 81.8 Å². The standard InChI is InChI=1S/C96H134N20O17/c1-50(2)35-71(106-84(121)57(15)104-80(120)48-103-79(119)47-97-49-118)87(124)105-58(16)85(122)114-82(55(11)12)95(132)116-83(56(13)14)96(133)115-81(54(9)10)94(131)113-78(42-62-46-102-70-32-24-20-28-66(62)70)93(130)109-74(38-53(7)8)90(127)112-77(41-61-45-101-69-31-23-19-27-65(61)69)92(129)108-73(37-52(5)6)89(126)111-76(40-60-44-100-68-30-22-18-26-64(60)68)91(128)107-72(36-51(3)4)88(125)110-75(86(123)98-33-34-117)39-59-43-99-67-29-21-17-25-63(59)67/h17-32,43-46,49-58,71-78,81-83,99-102,117H,33-42,47-48H2,1-16H3,(H,97,118)(H,98,123)(H,103,119)(H,104,120)(H,105,124)(H,106,121)(H,107,128)(H,108,129)(H,109,130)(H,110,125)(H,111,126)(H,112,127)(H,113,131)(H,114,122)(H,115,133)(H,116,132)/t57-,58-,71+,72+,73+,74+,75-,76-,77-,78-,81+,82+,83-/m0/s1. The Kier molecular flexibility index (Phi) is 39.6. The van der Waals surface area contributed by atoms with Crippen LogP contribution in [-0.4, -0.2) is 225 Å². The van der Waals surface area contributed by atoms with Crippen LogP contribution in [0.3, 0.4) is 0 Å². The first-order valence-corrected chi connectivity index (χ1v) is 45.6. The van der Waals surface area contributed by atoms with E-state index < -0.39 is 191 Å². The second kappa shape index (κ2) is 50.2. The van der Waals surface area contributed by atoms with Gasteiger partial charge < -0.3 is 110 Å². The van der Waals surface area contributed by atoms with Crippen LogP contribution in [0.15, 0.2) is 122 Å². The Morgan fingerprint density at radius 1 is 0.286 bits per heavy atom. The van der Waals surface area contributed by atoms with Crippen LogP contribution in [0.4, 0.5) is 0 Å². The highest BCUT2D eigenvalue weighted by atomic mass is 16.3. The van der Waals surface area contributed by atoms with E-state index >= 15 is 28.8 Å². The predicted molar refractivity (Wildman–Crippen MR) is 504 cm³/mol. The van der Waals surface area contributed by atoms with Gasteiger partial charge in [0.25, 0.3) is 0 Å². The van der Waals surface area contributed by atoms with Crippen molar-refractivity contribution in [3.63, 3.8) is 0 Å². The number of aromatic nitrogens is 4. The molecule has 0 bridgehead atoms. The molecule has 16 amide bonds. The Morgan fingerprint density at radius 3 is 0.850 bits per heavy atom. The van der Waals surface area contributed by atoms with Crippen LogP contribution >= 0.6 is 0 Å². The zero-order valence-electron chi connectivity index (χ0n) is 78.6. The molecule has 0 aliphatic heterocycles. The van der Waals surface area contributed by atoms with Crippen molar-refractivity contribution in [1.29, 1.82) is 0 Å². The molecule has 37 nitrogen and oxygen atoms in total. The molecule has 0 saturated carbocycles. The van der Waals surface area contributed by atoms with E-state index in [0.717, 1.165) is 27.4 Å². The fourth-order valence-corrected chi connectivity index (χ4v) is 15.7. The molecule has 8 rings (SSSR count). The van der Waals surface area contributed by atoms with Gasteiger partial charge in [0.05, 0.1) is 19.7 Å². The number of carbonyl (C=O) groups is 16. The summed E-state index contributed by atoms with van der Waals surface area (Å²) in [5.41, 5.74) is 5.50. The molecule has 21 N–H and O–H groups in total. The molecule has 0 unspecified atom stereocenters. The van der Waals surface area contributed by atoms with E-state index in [-0.39, 0.29) is 94.7 Å². The van der Waals surface area contributed by atoms with E-state index in [2.05, 4.69) is 105 Å². The molecule has 0 spiro atoms. The van der Waals surface area contributed by atoms with E-state index in [1.165, 1.54) is 13.8 Å². The Morgan fingerprint density at radius 2 is 0.541 bits per heavy atom. The highest BCUT2D eigenvalue weighted by molar-refractivity contribution is 6.02. The number of carbonyl (C=O) groups excluding carboxylic acids is 16. The van der Waals surface area contributed by atoms with Gasteiger partial charge in [-0.2, -0.15) is 0 Å². The lowest BCUT2D eigenvalue weighted by Gasteiger charge is -2.31. The normalized spacial score (nSPS) is 14.5. The molecule has 0 radical (unpaired) electrons. The first-order valence-electron chi connectivity index (χ1n) is 45.6. The maximum atomic E-state index is 15.6. The smallest absolute Gasteiger partial charge is 0.243 e. The number of rotatable bonds is 52. The van der Waals surface area contributed by atoms with E-state index in [9.17, 15) is 53.1 Å². The molecule has 4 aromatic heterocycles. The van der Waals surface area contributed by atoms with Gasteiger partial charge in [-0.1, -0.05) is 170 Å². The van der Waals surface area contributed by atoms with Gasteiger partial charge in [-0.15, -0.1) is 0 Å². The van der Waals surface area contributed by atoms with Crippen LogP contribution in [0.5, 0.6) is 0 Å². The molecule has 8 aromatic rings. The van der Waals surface area contributed by atoms with Crippen molar-refractivity contribution in [1.82, 2.24) is 105 Å². The number of nitrogens with one attached hydrogen (secondary N) is 20. The Hall–Kier alpha value is -13.5. The minimum absolute atomic E-state index is 0.0112. The van der Waals surface area contributed by atoms with Crippen molar-refractivity contribution >= 4 is 139 Å². The van der Waals surface area contributed by atoms with Crippen molar-refractivity contribution in [3.05, 3.63) is 144 Å². The van der Waals surface area contributed by atoms with Crippen LogP contribution in [0.1, 0.15) is 159 Å². The van der Waals surface area contributed by atoms with Crippen LogP contribution < -0.4 is 85.1 Å². The molecule has 37 heteroatoms. The predicted octanol–water partition coefficient (Wildman–Crippen LogP) is 3.35. The van der Waals surface area contributed by atoms with E-state index in [1.54, 1.807) is 86.2 Å². The van der Waals surface area contributed by atoms with Crippen LogP contribution in [0.2, 0.25) is 0 Å². The third-order valence-electron chi connectivity index (χ3n) is 22.8. The average Bonchev–Trinajstić information content (AvgIpc) is 1.73. The highest BCUT2D eigenvalue weighted by Gasteiger charge is 2.40. The van der Waals surface area contributed by atoms with Crippen LogP contribution in [0.25, 0.3) is 43.6 Å². The topological polar surface area (TPSA) is 549 Å². The molecular formula is C96H134N20O17. The number of H-pyrrole nitrogens is 4. The Labute approximate surface area is 774 Å². The zero-order chi connectivity index (χ0) is 97.6. The third-order valence-corrected chi connectivity index (χ3v) is 22.8. The van der Waals surface area contributed by atoms with Crippen molar-refractivity contribution in [2.45, 2.75) is 241 Å². The highest BCUT2D eigenvalue weighted by Crippen LogP contribution is 2.26. The molecule has 720 valence electrons. The number of aliphatic hydroxyl groups excluding tert-OH is 1. The number of fused-ring (bicyclic) bond motifs is 4. The second-order valence-corrected chi connectivity index (χ2v) is 36.8. The molecule has 4 aromatic carbocycles. The summed E-state index contributed by atoms with van der Waals surface area (Å²) in [6.45, 7) is 25.9. The first kappa shape index (κ1) is 105. The number of aromatic amines is 4. The molecular weight excluding hydrogens is 1710 g/mol. The molecule has 0 aliphatic carbocycles. The average molecular weight is 1840 g/mol. The lowest BCUT2D eigenvalue weighted by molar-refractivity contribution is -0.137.